The summed E-state index contributed by atoms with van der Waals surface area (Å²) in [5.41, 5.74) is 0. The number of amides is 1. The third kappa shape index (κ3) is 30.4. The first-order valence-electron chi connectivity index (χ1n) is 18.5. The molecule has 1 amide bonds. The van der Waals surface area contributed by atoms with Crippen LogP contribution in [0.15, 0.2) is 0 Å². The van der Waals surface area contributed by atoms with Gasteiger partial charge in [-0.05, 0) is 26.7 Å². The molecule has 0 N–H and O–H groups in total. The van der Waals surface area contributed by atoms with Crippen molar-refractivity contribution in [2.24, 2.45) is 0 Å². The van der Waals surface area contributed by atoms with Crippen molar-refractivity contribution in [1.29, 1.82) is 0 Å². The van der Waals surface area contributed by atoms with Gasteiger partial charge in [0.05, 0.1) is 6.10 Å². The fourth-order valence-electron chi connectivity index (χ4n) is 5.68. The Morgan fingerprint density at radius 3 is 0.950 bits per heavy atom. The highest BCUT2D eigenvalue weighted by Gasteiger charge is 2.13. The van der Waals surface area contributed by atoms with Crippen LogP contribution in [-0.4, -0.2) is 36.6 Å². The molecule has 0 atom stereocenters. The Morgan fingerprint density at radius 2 is 0.700 bits per heavy atom. The summed E-state index contributed by atoms with van der Waals surface area (Å²) in [6.07, 6.45) is 38.6. The zero-order chi connectivity index (χ0) is 29.4. The molecule has 0 saturated heterocycles. The zero-order valence-electron chi connectivity index (χ0n) is 28.3. The van der Waals surface area contributed by atoms with Crippen LogP contribution in [0.25, 0.3) is 0 Å². The minimum Gasteiger partial charge on any atom is -0.369 e. The average Bonchev–Trinajstić information content (AvgIpc) is 2.95. The summed E-state index contributed by atoms with van der Waals surface area (Å²) in [6, 6.07) is 0. The van der Waals surface area contributed by atoms with Gasteiger partial charge in [-0.1, -0.05) is 181 Å². The SMILES string of the molecule is CCCCCCCCCCCCCCCCN(CCCCCCCCCCCCCCCC)C(=O)COC(C)C. The standard InChI is InChI=1S/C37H75NO2/c1-5-7-9-11-13-15-17-19-21-23-25-27-29-31-33-38(37(39)35-40-36(3)4)34-32-30-28-26-24-22-20-18-16-14-12-10-8-6-2/h36H,5-35H2,1-4H3. The van der Waals surface area contributed by atoms with Crippen LogP contribution in [0.3, 0.4) is 0 Å². The minimum atomic E-state index is 0.118. The van der Waals surface area contributed by atoms with E-state index >= 15 is 0 Å². The molecule has 0 bridgehead atoms. The topological polar surface area (TPSA) is 29.5 Å². The Hall–Kier alpha value is -0.570. The third-order valence-corrected chi connectivity index (χ3v) is 8.46. The average molecular weight is 566 g/mol. The first-order valence-corrected chi connectivity index (χ1v) is 18.5. The van der Waals surface area contributed by atoms with Crippen molar-refractivity contribution in [2.75, 3.05) is 19.7 Å². The molecule has 0 aliphatic heterocycles. The predicted octanol–water partition coefficient (Wildman–Crippen LogP) is 12.2. The molecule has 0 aromatic carbocycles. The van der Waals surface area contributed by atoms with Gasteiger partial charge in [0.2, 0.25) is 5.91 Å². The lowest BCUT2D eigenvalue weighted by molar-refractivity contribution is -0.137. The molecule has 0 saturated carbocycles. The third-order valence-electron chi connectivity index (χ3n) is 8.46. The van der Waals surface area contributed by atoms with E-state index in [1.165, 1.54) is 167 Å². The van der Waals surface area contributed by atoms with Gasteiger partial charge in [0.1, 0.15) is 6.61 Å². The van der Waals surface area contributed by atoms with Crippen molar-refractivity contribution in [3.05, 3.63) is 0 Å². The van der Waals surface area contributed by atoms with Gasteiger partial charge in [-0.2, -0.15) is 0 Å². The molecule has 0 fully saturated rings. The lowest BCUT2D eigenvalue weighted by Gasteiger charge is -2.23. The summed E-state index contributed by atoms with van der Waals surface area (Å²) in [5.74, 6) is 0.193. The van der Waals surface area contributed by atoms with Gasteiger partial charge < -0.3 is 9.64 Å². The molecule has 3 heteroatoms. The van der Waals surface area contributed by atoms with Crippen molar-refractivity contribution >= 4 is 5.91 Å². The maximum atomic E-state index is 12.8. The molecule has 3 nitrogen and oxygen atoms in total. The first-order chi connectivity index (χ1) is 19.6. The predicted molar refractivity (Wildman–Crippen MR) is 178 cm³/mol. The molecule has 0 aromatic heterocycles. The number of rotatable bonds is 33. The van der Waals surface area contributed by atoms with Crippen LogP contribution in [0.2, 0.25) is 0 Å². The maximum Gasteiger partial charge on any atom is 0.248 e. The molecule has 0 aromatic rings. The second kappa shape index (κ2) is 32.9. The second-order valence-electron chi connectivity index (χ2n) is 12.9. The molecule has 0 spiro atoms. The van der Waals surface area contributed by atoms with E-state index in [4.69, 9.17) is 4.74 Å². The Morgan fingerprint density at radius 1 is 0.450 bits per heavy atom. The van der Waals surface area contributed by atoms with E-state index in [-0.39, 0.29) is 18.6 Å². The van der Waals surface area contributed by atoms with Gasteiger partial charge in [0.25, 0.3) is 0 Å². The van der Waals surface area contributed by atoms with Gasteiger partial charge >= 0.3 is 0 Å². The number of carbonyl (C=O) groups is 1. The van der Waals surface area contributed by atoms with Gasteiger partial charge in [0.15, 0.2) is 0 Å². The molecule has 0 unspecified atom stereocenters. The highest BCUT2D eigenvalue weighted by molar-refractivity contribution is 5.77. The van der Waals surface area contributed by atoms with Crippen LogP contribution in [0.5, 0.6) is 0 Å². The molecule has 240 valence electrons. The normalized spacial score (nSPS) is 11.5. The van der Waals surface area contributed by atoms with Crippen molar-refractivity contribution in [1.82, 2.24) is 4.90 Å². The largest absolute Gasteiger partial charge is 0.369 e. The van der Waals surface area contributed by atoms with Crippen LogP contribution in [0, 0.1) is 0 Å². The number of nitrogens with zero attached hydrogens (tertiary/aromatic N) is 1. The van der Waals surface area contributed by atoms with E-state index in [9.17, 15) is 4.79 Å². The fourth-order valence-corrected chi connectivity index (χ4v) is 5.68. The zero-order valence-corrected chi connectivity index (χ0v) is 28.3. The van der Waals surface area contributed by atoms with Crippen LogP contribution in [0.4, 0.5) is 0 Å². The monoisotopic (exact) mass is 566 g/mol. The highest BCUT2D eigenvalue weighted by Crippen LogP contribution is 2.15. The summed E-state index contributed by atoms with van der Waals surface area (Å²) < 4.78 is 5.64. The number of hydrogen-bond acceptors (Lipinski definition) is 2. The Kier molecular flexibility index (Phi) is 32.5. The van der Waals surface area contributed by atoms with Crippen molar-refractivity contribution in [2.45, 2.75) is 214 Å². The molecule has 0 heterocycles. The van der Waals surface area contributed by atoms with Crippen LogP contribution < -0.4 is 0 Å². The maximum absolute atomic E-state index is 12.8. The van der Waals surface area contributed by atoms with E-state index < -0.39 is 0 Å². The Labute approximate surface area is 253 Å². The quantitative estimate of drug-likeness (QED) is 0.0740. The van der Waals surface area contributed by atoms with Gasteiger partial charge in [0, 0.05) is 13.1 Å². The van der Waals surface area contributed by atoms with E-state index in [2.05, 4.69) is 18.7 Å². The lowest BCUT2D eigenvalue weighted by atomic mass is 10.0. The second-order valence-corrected chi connectivity index (χ2v) is 12.9. The Bertz CT molecular complexity index is 461. The van der Waals surface area contributed by atoms with Gasteiger partial charge in [-0.15, -0.1) is 0 Å². The summed E-state index contributed by atoms with van der Waals surface area (Å²) in [4.78, 5) is 14.9. The molecule has 40 heavy (non-hydrogen) atoms. The van der Waals surface area contributed by atoms with E-state index in [0.29, 0.717) is 0 Å². The minimum absolute atomic E-state index is 0.118. The van der Waals surface area contributed by atoms with E-state index in [1.807, 2.05) is 13.8 Å². The smallest absolute Gasteiger partial charge is 0.248 e. The number of hydrogen-bond donors (Lipinski definition) is 0. The van der Waals surface area contributed by atoms with Crippen LogP contribution in [-0.2, 0) is 9.53 Å². The lowest BCUT2D eigenvalue weighted by Crippen LogP contribution is -2.36. The fraction of sp³-hybridized carbons (Fsp3) is 0.973. The van der Waals surface area contributed by atoms with Crippen molar-refractivity contribution in [3.63, 3.8) is 0 Å². The van der Waals surface area contributed by atoms with Crippen LogP contribution >= 0.6 is 0 Å². The number of ether oxygens (including phenoxy) is 1. The summed E-state index contributed by atoms with van der Waals surface area (Å²) in [6.45, 7) is 10.7. The molecular weight excluding hydrogens is 490 g/mol. The summed E-state index contributed by atoms with van der Waals surface area (Å²) >= 11 is 0. The summed E-state index contributed by atoms with van der Waals surface area (Å²) in [5, 5.41) is 0. The molecule has 0 rings (SSSR count). The molecule has 0 aliphatic rings. The molecular formula is C37H75NO2. The summed E-state index contributed by atoms with van der Waals surface area (Å²) in [7, 11) is 0. The Balaban J connectivity index is 3.79. The van der Waals surface area contributed by atoms with E-state index in [1.54, 1.807) is 0 Å². The number of unbranched alkanes of at least 4 members (excludes halogenated alkanes) is 26. The van der Waals surface area contributed by atoms with E-state index in [0.717, 1.165) is 25.9 Å². The van der Waals surface area contributed by atoms with Crippen molar-refractivity contribution < 1.29 is 9.53 Å². The number of carbonyl (C=O) groups excluding carboxylic acids is 1. The van der Waals surface area contributed by atoms with Gasteiger partial charge in [-0.25, -0.2) is 0 Å². The molecule has 0 aliphatic carbocycles. The first kappa shape index (κ1) is 39.4. The van der Waals surface area contributed by atoms with Crippen molar-refractivity contribution in [3.8, 4) is 0 Å². The highest BCUT2D eigenvalue weighted by atomic mass is 16.5. The van der Waals surface area contributed by atoms with Gasteiger partial charge in [-0.3, -0.25) is 4.79 Å². The van der Waals surface area contributed by atoms with Crippen LogP contribution in [0.1, 0.15) is 207 Å². The molecule has 0 radical (unpaired) electrons.